The summed E-state index contributed by atoms with van der Waals surface area (Å²) in [6.07, 6.45) is 3.29. The molecule has 0 fully saturated rings. The molecule has 0 aromatic carbocycles. The van der Waals surface area contributed by atoms with E-state index in [0.29, 0.717) is 5.25 Å². The fraction of sp³-hybridized carbons (Fsp3) is 0.643. The number of nitrogens with one attached hydrogen (secondary N) is 1. The van der Waals surface area contributed by atoms with Crippen molar-refractivity contribution >= 4 is 28.1 Å². The van der Waals surface area contributed by atoms with Crippen molar-refractivity contribution in [2.24, 2.45) is 0 Å². The number of rotatable bonds is 5. The Labute approximate surface area is 123 Å². The molecule has 2 aromatic rings. The Morgan fingerprint density at radius 1 is 1.47 bits per heavy atom. The first-order valence-corrected chi connectivity index (χ1v) is 8.52. The summed E-state index contributed by atoms with van der Waals surface area (Å²) in [5, 5.41) is 7.45. The van der Waals surface area contributed by atoms with Crippen LogP contribution in [0, 0.1) is 0 Å². The van der Waals surface area contributed by atoms with E-state index in [4.69, 9.17) is 4.98 Å². The van der Waals surface area contributed by atoms with Crippen LogP contribution in [0.15, 0.2) is 16.6 Å². The first-order valence-electron chi connectivity index (χ1n) is 6.77. The van der Waals surface area contributed by atoms with Crippen molar-refractivity contribution in [3.05, 3.63) is 17.3 Å². The Morgan fingerprint density at radius 2 is 2.21 bits per heavy atom. The fourth-order valence-electron chi connectivity index (χ4n) is 1.69. The van der Waals surface area contributed by atoms with Gasteiger partial charge < -0.3 is 5.32 Å². The minimum atomic E-state index is 0.123. The van der Waals surface area contributed by atoms with Crippen molar-refractivity contribution in [1.29, 1.82) is 0 Å². The van der Waals surface area contributed by atoms with E-state index in [9.17, 15) is 0 Å². The van der Waals surface area contributed by atoms with Gasteiger partial charge in [-0.15, -0.1) is 23.1 Å². The lowest BCUT2D eigenvalue weighted by atomic mass is 10.1. The standard InChI is InChI=1S/C14H23N3S2/c1-6-10(2)19-12-11(9-15-14(3,4)5)17-7-8-18-13(17)16-12/h7-8,10,15H,6,9H2,1-5H3. The van der Waals surface area contributed by atoms with Crippen LogP contribution in [0.5, 0.6) is 0 Å². The van der Waals surface area contributed by atoms with E-state index in [1.165, 1.54) is 17.1 Å². The van der Waals surface area contributed by atoms with Crippen LogP contribution in [0.25, 0.3) is 4.96 Å². The first kappa shape index (κ1) is 14.9. The maximum atomic E-state index is 4.77. The highest BCUT2D eigenvalue weighted by atomic mass is 32.2. The maximum absolute atomic E-state index is 4.77. The highest BCUT2D eigenvalue weighted by Gasteiger charge is 2.17. The summed E-state index contributed by atoms with van der Waals surface area (Å²) in [6, 6.07) is 0. The third-order valence-corrected chi connectivity index (χ3v) is 5.04. The van der Waals surface area contributed by atoms with Gasteiger partial charge in [0, 0.05) is 28.9 Å². The van der Waals surface area contributed by atoms with Crippen LogP contribution >= 0.6 is 23.1 Å². The fourth-order valence-corrected chi connectivity index (χ4v) is 3.47. The summed E-state index contributed by atoms with van der Waals surface area (Å²) >= 11 is 3.59. The van der Waals surface area contributed by atoms with Gasteiger partial charge in [-0.2, -0.15) is 0 Å². The van der Waals surface area contributed by atoms with Crippen molar-refractivity contribution in [2.45, 2.75) is 63.4 Å². The van der Waals surface area contributed by atoms with Crippen LogP contribution in [-0.4, -0.2) is 20.2 Å². The summed E-state index contributed by atoms with van der Waals surface area (Å²) in [6.45, 7) is 11.9. The van der Waals surface area contributed by atoms with Gasteiger partial charge in [0.2, 0.25) is 0 Å². The van der Waals surface area contributed by atoms with E-state index in [-0.39, 0.29) is 5.54 Å². The zero-order valence-corrected chi connectivity index (χ0v) is 14.0. The Balaban J connectivity index is 2.26. The number of imidazole rings is 1. The highest BCUT2D eigenvalue weighted by Crippen LogP contribution is 2.30. The van der Waals surface area contributed by atoms with Crippen molar-refractivity contribution in [3.63, 3.8) is 0 Å². The van der Waals surface area contributed by atoms with E-state index in [0.717, 1.165) is 11.5 Å². The molecule has 0 aliphatic heterocycles. The molecule has 0 bridgehead atoms. The predicted molar refractivity (Wildman–Crippen MR) is 85.3 cm³/mol. The summed E-state index contributed by atoms with van der Waals surface area (Å²) in [5.74, 6) is 0. The molecule has 1 unspecified atom stereocenters. The van der Waals surface area contributed by atoms with Gasteiger partial charge in [0.15, 0.2) is 4.96 Å². The van der Waals surface area contributed by atoms with Gasteiger partial charge in [0.05, 0.1) is 5.69 Å². The lowest BCUT2D eigenvalue weighted by Gasteiger charge is -2.20. The molecule has 2 aromatic heterocycles. The number of hydrogen-bond donors (Lipinski definition) is 1. The summed E-state index contributed by atoms with van der Waals surface area (Å²) < 4.78 is 2.22. The van der Waals surface area contributed by atoms with E-state index in [2.05, 4.69) is 55.9 Å². The molecule has 3 nitrogen and oxygen atoms in total. The average molecular weight is 297 g/mol. The Hall–Kier alpha value is -0.520. The van der Waals surface area contributed by atoms with Gasteiger partial charge in [0.25, 0.3) is 0 Å². The SMILES string of the molecule is CCC(C)Sc1nc2sccn2c1CNC(C)(C)C. The molecule has 5 heteroatoms. The number of thioether (sulfide) groups is 1. The Bertz CT molecular complexity index is 536. The highest BCUT2D eigenvalue weighted by molar-refractivity contribution is 7.99. The van der Waals surface area contributed by atoms with E-state index in [1.54, 1.807) is 11.3 Å². The van der Waals surface area contributed by atoms with Gasteiger partial charge in [-0.25, -0.2) is 4.98 Å². The molecule has 0 saturated heterocycles. The zero-order chi connectivity index (χ0) is 14.0. The summed E-state index contributed by atoms with van der Waals surface area (Å²) in [4.78, 5) is 5.86. The van der Waals surface area contributed by atoms with Crippen LogP contribution in [0.3, 0.4) is 0 Å². The smallest absolute Gasteiger partial charge is 0.194 e. The van der Waals surface area contributed by atoms with Gasteiger partial charge >= 0.3 is 0 Å². The lowest BCUT2D eigenvalue weighted by Crippen LogP contribution is -2.35. The maximum Gasteiger partial charge on any atom is 0.194 e. The minimum absolute atomic E-state index is 0.123. The molecular formula is C14H23N3S2. The molecular weight excluding hydrogens is 274 g/mol. The van der Waals surface area contributed by atoms with E-state index < -0.39 is 0 Å². The van der Waals surface area contributed by atoms with Gasteiger partial charge in [-0.3, -0.25) is 4.40 Å². The van der Waals surface area contributed by atoms with Gasteiger partial charge in [0.1, 0.15) is 5.03 Å². The number of thiazole rings is 1. The third kappa shape index (κ3) is 3.74. The number of aromatic nitrogens is 2. The molecule has 19 heavy (non-hydrogen) atoms. The number of nitrogens with zero attached hydrogens (tertiary/aromatic N) is 2. The van der Waals surface area contributed by atoms with Crippen LogP contribution in [0.2, 0.25) is 0 Å². The molecule has 2 rings (SSSR count). The predicted octanol–water partition coefficient (Wildman–Crippen LogP) is 4.17. The zero-order valence-electron chi connectivity index (χ0n) is 12.4. The van der Waals surface area contributed by atoms with E-state index >= 15 is 0 Å². The molecule has 2 heterocycles. The van der Waals surface area contributed by atoms with Crippen molar-refractivity contribution in [1.82, 2.24) is 14.7 Å². The second-order valence-electron chi connectivity index (χ2n) is 5.86. The minimum Gasteiger partial charge on any atom is -0.306 e. The topological polar surface area (TPSA) is 29.3 Å². The van der Waals surface area contributed by atoms with Crippen LogP contribution in [0.4, 0.5) is 0 Å². The normalized spacial score (nSPS) is 14.2. The molecule has 0 saturated carbocycles. The number of hydrogen-bond acceptors (Lipinski definition) is 4. The molecule has 106 valence electrons. The van der Waals surface area contributed by atoms with E-state index in [1.807, 2.05) is 11.8 Å². The molecule has 1 atom stereocenters. The van der Waals surface area contributed by atoms with Gasteiger partial charge in [-0.1, -0.05) is 13.8 Å². The molecule has 1 N–H and O–H groups in total. The third-order valence-electron chi connectivity index (χ3n) is 3.00. The molecule has 0 aliphatic rings. The second-order valence-corrected chi connectivity index (χ2v) is 8.16. The molecule has 0 amide bonds. The second kappa shape index (κ2) is 5.85. The quantitative estimate of drug-likeness (QED) is 0.840. The largest absolute Gasteiger partial charge is 0.306 e. The van der Waals surface area contributed by atoms with Crippen molar-refractivity contribution < 1.29 is 0 Å². The molecule has 0 spiro atoms. The first-order chi connectivity index (χ1) is 8.90. The van der Waals surface area contributed by atoms with Crippen LogP contribution < -0.4 is 5.32 Å². The number of fused-ring (bicyclic) bond motifs is 1. The Morgan fingerprint density at radius 3 is 2.84 bits per heavy atom. The molecule has 0 aliphatic carbocycles. The van der Waals surface area contributed by atoms with Crippen LogP contribution in [0.1, 0.15) is 46.7 Å². The lowest BCUT2D eigenvalue weighted by molar-refractivity contribution is 0.418. The Kier molecular flexibility index (Phi) is 4.58. The summed E-state index contributed by atoms with van der Waals surface area (Å²) in [7, 11) is 0. The van der Waals surface area contributed by atoms with Gasteiger partial charge in [-0.05, 0) is 27.2 Å². The summed E-state index contributed by atoms with van der Waals surface area (Å²) in [5.41, 5.74) is 1.41. The van der Waals surface area contributed by atoms with Crippen molar-refractivity contribution in [3.8, 4) is 0 Å². The molecule has 0 radical (unpaired) electrons. The monoisotopic (exact) mass is 297 g/mol. The van der Waals surface area contributed by atoms with Crippen molar-refractivity contribution in [2.75, 3.05) is 0 Å². The van der Waals surface area contributed by atoms with Crippen LogP contribution in [-0.2, 0) is 6.54 Å². The average Bonchev–Trinajstić information content (AvgIpc) is 2.86.